The summed E-state index contributed by atoms with van der Waals surface area (Å²) in [5.41, 5.74) is 1.69. The van der Waals surface area contributed by atoms with E-state index in [4.69, 9.17) is 5.11 Å². The molecule has 0 amide bonds. The van der Waals surface area contributed by atoms with Crippen LogP contribution in [0.3, 0.4) is 0 Å². The Bertz CT molecular complexity index is 613. The Morgan fingerprint density at radius 2 is 2.05 bits per heavy atom. The molecular weight excluding hydrogens is 244 g/mol. The van der Waals surface area contributed by atoms with Crippen LogP contribution in [0.2, 0.25) is 0 Å². The lowest BCUT2D eigenvalue weighted by Crippen LogP contribution is -2.10. The summed E-state index contributed by atoms with van der Waals surface area (Å²) in [4.78, 5) is 23.5. The Morgan fingerprint density at radius 3 is 2.74 bits per heavy atom. The number of nitrogens with one attached hydrogen (secondary N) is 1. The number of anilines is 1. The van der Waals surface area contributed by atoms with Gasteiger partial charge in [-0.05, 0) is 32.0 Å². The van der Waals surface area contributed by atoms with E-state index >= 15 is 0 Å². The van der Waals surface area contributed by atoms with E-state index in [1.54, 1.807) is 25.3 Å². The lowest BCUT2D eigenvalue weighted by Gasteiger charge is -2.09. The largest absolute Gasteiger partial charge is 0.478 e. The standard InChI is InChI=1S/C13H14N4O2/c1-8-3-4-11(13(18)19)12(16-8)15-7-10-5-6-14-9(2)17-10/h3-6H,7H2,1-2H3,(H,15,16)(H,18,19). The molecule has 2 aromatic rings. The molecule has 0 saturated heterocycles. The number of aryl methyl sites for hydroxylation is 2. The van der Waals surface area contributed by atoms with Crippen molar-refractivity contribution in [3.63, 3.8) is 0 Å². The topological polar surface area (TPSA) is 88.0 Å². The molecule has 0 aliphatic rings. The van der Waals surface area contributed by atoms with Gasteiger partial charge in [0.1, 0.15) is 17.2 Å². The van der Waals surface area contributed by atoms with Gasteiger partial charge < -0.3 is 10.4 Å². The average molecular weight is 258 g/mol. The summed E-state index contributed by atoms with van der Waals surface area (Å²) in [5, 5.41) is 12.1. The van der Waals surface area contributed by atoms with E-state index in [2.05, 4.69) is 20.3 Å². The molecule has 2 heterocycles. The maximum atomic E-state index is 11.1. The van der Waals surface area contributed by atoms with E-state index in [-0.39, 0.29) is 5.56 Å². The third-order valence-corrected chi connectivity index (χ3v) is 2.54. The molecule has 6 nitrogen and oxygen atoms in total. The molecule has 2 aromatic heterocycles. The molecule has 0 aliphatic carbocycles. The second-order valence-electron chi connectivity index (χ2n) is 4.10. The molecule has 0 aliphatic heterocycles. The van der Waals surface area contributed by atoms with Crippen LogP contribution in [-0.2, 0) is 6.54 Å². The normalized spacial score (nSPS) is 10.2. The van der Waals surface area contributed by atoms with Crippen LogP contribution in [0.1, 0.15) is 27.6 Å². The van der Waals surface area contributed by atoms with Gasteiger partial charge in [0.2, 0.25) is 0 Å². The number of nitrogens with zero attached hydrogens (tertiary/aromatic N) is 3. The highest BCUT2D eigenvalue weighted by Crippen LogP contribution is 2.14. The summed E-state index contributed by atoms with van der Waals surface area (Å²) in [6.07, 6.45) is 1.67. The SMILES string of the molecule is Cc1ccc(C(=O)O)c(NCc2ccnc(C)n2)n1. The highest BCUT2D eigenvalue weighted by molar-refractivity contribution is 5.93. The molecule has 19 heavy (non-hydrogen) atoms. The van der Waals surface area contributed by atoms with Crippen molar-refractivity contribution in [3.8, 4) is 0 Å². The number of aromatic carboxylic acids is 1. The third kappa shape index (κ3) is 3.25. The number of rotatable bonds is 4. The van der Waals surface area contributed by atoms with E-state index < -0.39 is 5.97 Å². The molecule has 0 unspecified atom stereocenters. The van der Waals surface area contributed by atoms with Gasteiger partial charge >= 0.3 is 5.97 Å². The number of carboxylic acids is 1. The molecule has 0 aromatic carbocycles. The minimum absolute atomic E-state index is 0.149. The fourth-order valence-corrected chi connectivity index (χ4v) is 1.64. The van der Waals surface area contributed by atoms with Gasteiger partial charge in [0.25, 0.3) is 0 Å². The minimum Gasteiger partial charge on any atom is -0.478 e. The van der Waals surface area contributed by atoms with Crippen LogP contribution in [0.15, 0.2) is 24.4 Å². The lowest BCUT2D eigenvalue weighted by molar-refractivity contribution is 0.0697. The van der Waals surface area contributed by atoms with Gasteiger partial charge in [0, 0.05) is 11.9 Å². The monoisotopic (exact) mass is 258 g/mol. The van der Waals surface area contributed by atoms with Crippen molar-refractivity contribution in [2.24, 2.45) is 0 Å². The Kier molecular flexibility index (Phi) is 3.70. The van der Waals surface area contributed by atoms with E-state index in [1.165, 1.54) is 6.07 Å². The molecule has 6 heteroatoms. The molecule has 0 radical (unpaired) electrons. The van der Waals surface area contributed by atoms with Gasteiger partial charge in [0.05, 0.1) is 12.2 Å². The lowest BCUT2D eigenvalue weighted by atomic mass is 10.2. The smallest absolute Gasteiger partial charge is 0.339 e. The summed E-state index contributed by atoms with van der Waals surface area (Å²) in [6, 6.07) is 4.98. The summed E-state index contributed by atoms with van der Waals surface area (Å²) in [5.74, 6) is 0.0209. The number of pyridine rings is 1. The average Bonchev–Trinajstić information content (AvgIpc) is 2.36. The molecule has 0 atom stereocenters. The fraction of sp³-hybridized carbons (Fsp3) is 0.231. The summed E-state index contributed by atoms with van der Waals surface area (Å²) >= 11 is 0. The number of hydrogen-bond donors (Lipinski definition) is 2. The van der Waals surface area contributed by atoms with Crippen molar-refractivity contribution in [1.29, 1.82) is 0 Å². The van der Waals surface area contributed by atoms with Crippen molar-refractivity contribution in [2.75, 3.05) is 5.32 Å². The Hall–Kier alpha value is -2.50. The van der Waals surface area contributed by atoms with Crippen molar-refractivity contribution in [1.82, 2.24) is 15.0 Å². The molecule has 0 bridgehead atoms. The third-order valence-electron chi connectivity index (χ3n) is 2.54. The number of carboxylic acid groups (broad SMARTS) is 1. The Morgan fingerprint density at radius 1 is 1.26 bits per heavy atom. The maximum absolute atomic E-state index is 11.1. The summed E-state index contributed by atoms with van der Waals surface area (Å²) < 4.78 is 0. The van der Waals surface area contributed by atoms with Crippen LogP contribution in [0.5, 0.6) is 0 Å². The molecule has 0 spiro atoms. The van der Waals surface area contributed by atoms with Crippen LogP contribution in [0.25, 0.3) is 0 Å². The van der Waals surface area contributed by atoms with Crippen molar-refractivity contribution in [2.45, 2.75) is 20.4 Å². The molecule has 2 N–H and O–H groups in total. The Labute approximate surface area is 110 Å². The van der Waals surface area contributed by atoms with Gasteiger partial charge in [-0.3, -0.25) is 0 Å². The van der Waals surface area contributed by atoms with Gasteiger partial charge in [-0.25, -0.2) is 19.7 Å². The molecule has 98 valence electrons. The van der Waals surface area contributed by atoms with Gasteiger partial charge in [-0.15, -0.1) is 0 Å². The van der Waals surface area contributed by atoms with E-state index in [9.17, 15) is 4.79 Å². The van der Waals surface area contributed by atoms with Crippen molar-refractivity contribution < 1.29 is 9.90 Å². The van der Waals surface area contributed by atoms with Gasteiger partial charge in [0.15, 0.2) is 0 Å². The first-order valence-corrected chi connectivity index (χ1v) is 5.79. The van der Waals surface area contributed by atoms with Crippen LogP contribution in [0.4, 0.5) is 5.82 Å². The van der Waals surface area contributed by atoms with Crippen LogP contribution in [-0.4, -0.2) is 26.0 Å². The Balaban J connectivity index is 2.19. The molecule has 0 fully saturated rings. The number of hydrogen-bond acceptors (Lipinski definition) is 5. The van der Waals surface area contributed by atoms with E-state index in [0.717, 1.165) is 11.4 Å². The zero-order valence-corrected chi connectivity index (χ0v) is 10.7. The van der Waals surface area contributed by atoms with E-state index in [0.29, 0.717) is 18.2 Å². The minimum atomic E-state index is -1.01. The predicted molar refractivity (Wildman–Crippen MR) is 70.0 cm³/mol. The second-order valence-corrected chi connectivity index (χ2v) is 4.10. The van der Waals surface area contributed by atoms with Crippen LogP contribution < -0.4 is 5.32 Å². The molecule has 2 rings (SSSR count). The van der Waals surface area contributed by atoms with Gasteiger partial charge in [-0.2, -0.15) is 0 Å². The summed E-state index contributed by atoms with van der Waals surface area (Å²) in [7, 11) is 0. The predicted octanol–water partition coefficient (Wildman–Crippen LogP) is 1.80. The first-order chi connectivity index (χ1) is 9.06. The summed E-state index contributed by atoms with van der Waals surface area (Å²) in [6.45, 7) is 4.02. The number of aromatic nitrogens is 3. The highest BCUT2D eigenvalue weighted by atomic mass is 16.4. The van der Waals surface area contributed by atoms with E-state index in [1.807, 2.05) is 6.92 Å². The maximum Gasteiger partial charge on any atom is 0.339 e. The zero-order chi connectivity index (χ0) is 13.8. The van der Waals surface area contributed by atoms with Gasteiger partial charge in [-0.1, -0.05) is 0 Å². The second kappa shape index (κ2) is 5.43. The number of carbonyl (C=O) groups is 1. The molecular formula is C13H14N4O2. The first-order valence-electron chi connectivity index (χ1n) is 5.79. The molecule has 0 saturated carbocycles. The fourth-order valence-electron chi connectivity index (χ4n) is 1.64. The first kappa shape index (κ1) is 12.9. The zero-order valence-electron chi connectivity index (χ0n) is 10.7. The quantitative estimate of drug-likeness (QED) is 0.869. The van der Waals surface area contributed by atoms with Crippen LogP contribution in [0, 0.1) is 13.8 Å². The van der Waals surface area contributed by atoms with Crippen LogP contribution >= 0.6 is 0 Å². The van der Waals surface area contributed by atoms with Crippen molar-refractivity contribution in [3.05, 3.63) is 47.2 Å². The van der Waals surface area contributed by atoms with Crippen molar-refractivity contribution >= 4 is 11.8 Å². The highest BCUT2D eigenvalue weighted by Gasteiger charge is 2.11.